The Labute approximate surface area is 89.1 Å². The van der Waals surface area contributed by atoms with Crippen LogP contribution >= 0.6 is 0 Å². The molecule has 14 heavy (non-hydrogen) atoms. The van der Waals surface area contributed by atoms with E-state index >= 15 is 0 Å². The van der Waals surface area contributed by atoms with E-state index in [9.17, 15) is 0 Å². The van der Waals surface area contributed by atoms with Crippen LogP contribution in [0.2, 0.25) is 0 Å². The summed E-state index contributed by atoms with van der Waals surface area (Å²) in [5.41, 5.74) is 0.398. The SMILES string of the molecule is CCC1CN(C(C)C(C)(C)C)CCN1. The topological polar surface area (TPSA) is 15.3 Å². The van der Waals surface area contributed by atoms with Crippen LogP contribution in [0.1, 0.15) is 41.0 Å². The zero-order chi connectivity index (χ0) is 10.8. The first-order chi connectivity index (χ1) is 6.45. The van der Waals surface area contributed by atoms with E-state index in [0.29, 0.717) is 17.5 Å². The molecule has 0 bridgehead atoms. The molecule has 0 saturated carbocycles. The molecule has 2 unspecified atom stereocenters. The summed E-state index contributed by atoms with van der Waals surface area (Å²) in [6, 6.07) is 1.38. The van der Waals surface area contributed by atoms with Gasteiger partial charge in [-0.25, -0.2) is 0 Å². The highest BCUT2D eigenvalue weighted by atomic mass is 15.2. The van der Waals surface area contributed by atoms with Crippen LogP contribution in [0.5, 0.6) is 0 Å². The van der Waals surface area contributed by atoms with Crippen molar-refractivity contribution in [2.24, 2.45) is 5.41 Å². The summed E-state index contributed by atoms with van der Waals surface area (Å²) < 4.78 is 0. The van der Waals surface area contributed by atoms with Crippen LogP contribution in [-0.2, 0) is 0 Å². The fourth-order valence-electron chi connectivity index (χ4n) is 2.02. The van der Waals surface area contributed by atoms with Gasteiger partial charge < -0.3 is 5.32 Å². The van der Waals surface area contributed by atoms with E-state index in [-0.39, 0.29) is 0 Å². The maximum Gasteiger partial charge on any atom is 0.0193 e. The average molecular weight is 198 g/mol. The van der Waals surface area contributed by atoms with Gasteiger partial charge in [0.05, 0.1) is 0 Å². The van der Waals surface area contributed by atoms with E-state index in [4.69, 9.17) is 0 Å². The molecule has 1 saturated heterocycles. The second-order valence-corrected chi connectivity index (χ2v) is 5.60. The molecule has 1 heterocycles. The Morgan fingerprint density at radius 1 is 1.43 bits per heavy atom. The van der Waals surface area contributed by atoms with Crippen LogP contribution in [0.4, 0.5) is 0 Å². The summed E-state index contributed by atoms with van der Waals surface area (Å²) in [5, 5.41) is 3.56. The quantitative estimate of drug-likeness (QED) is 0.731. The van der Waals surface area contributed by atoms with Crippen molar-refractivity contribution in [1.82, 2.24) is 10.2 Å². The van der Waals surface area contributed by atoms with Gasteiger partial charge in [-0.3, -0.25) is 4.90 Å². The van der Waals surface area contributed by atoms with Gasteiger partial charge >= 0.3 is 0 Å². The predicted molar refractivity (Wildman–Crippen MR) is 62.6 cm³/mol. The van der Waals surface area contributed by atoms with Crippen LogP contribution in [-0.4, -0.2) is 36.6 Å². The zero-order valence-electron chi connectivity index (χ0n) is 10.4. The van der Waals surface area contributed by atoms with Crippen LogP contribution < -0.4 is 5.32 Å². The zero-order valence-corrected chi connectivity index (χ0v) is 10.4. The third-order valence-electron chi connectivity index (χ3n) is 3.58. The molecular weight excluding hydrogens is 172 g/mol. The molecule has 0 aromatic carbocycles. The van der Waals surface area contributed by atoms with Gasteiger partial charge in [-0.05, 0) is 18.8 Å². The Kier molecular flexibility index (Phi) is 3.96. The minimum atomic E-state index is 0.398. The first-order valence-electron chi connectivity index (χ1n) is 5.92. The molecule has 0 spiro atoms. The smallest absolute Gasteiger partial charge is 0.0193 e. The lowest BCUT2D eigenvalue weighted by atomic mass is 9.86. The number of hydrogen-bond acceptors (Lipinski definition) is 2. The Hall–Kier alpha value is -0.0800. The third kappa shape index (κ3) is 2.96. The van der Waals surface area contributed by atoms with Gasteiger partial charge in [0.2, 0.25) is 0 Å². The first kappa shape index (κ1) is 12.0. The Morgan fingerprint density at radius 3 is 2.57 bits per heavy atom. The lowest BCUT2D eigenvalue weighted by molar-refractivity contribution is 0.0810. The van der Waals surface area contributed by atoms with Crippen molar-refractivity contribution in [3.63, 3.8) is 0 Å². The molecule has 2 nitrogen and oxygen atoms in total. The normalized spacial score (nSPS) is 27.6. The minimum absolute atomic E-state index is 0.398. The summed E-state index contributed by atoms with van der Waals surface area (Å²) in [6.07, 6.45) is 1.24. The van der Waals surface area contributed by atoms with Gasteiger partial charge in [0.1, 0.15) is 0 Å². The van der Waals surface area contributed by atoms with Crippen LogP contribution in [0.15, 0.2) is 0 Å². The van der Waals surface area contributed by atoms with E-state index in [2.05, 4.69) is 44.8 Å². The van der Waals surface area contributed by atoms with Crippen molar-refractivity contribution in [2.75, 3.05) is 19.6 Å². The maximum atomic E-state index is 3.56. The molecule has 0 radical (unpaired) electrons. The number of nitrogens with one attached hydrogen (secondary N) is 1. The van der Waals surface area contributed by atoms with Gasteiger partial charge in [0, 0.05) is 31.7 Å². The number of nitrogens with zero attached hydrogens (tertiary/aromatic N) is 1. The predicted octanol–water partition coefficient (Wildman–Crippen LogP) is 2.10. The highest BCUT2D eigenvalue weighted by Gasteiger charge is 2.29. The molecule has 2 heteroatoms. The molecular formula is C12H26N2. The van der Waals surface area contributed by atoms with Crippen molar-refractivity contribution < 1.29 is 0 Å². The van der Waals surface area contributed by atoms with Crippen molar-refractivity contribution in [3.8, 4) is 0 Å². The fourth-order valence-corrected chi connectivity index (χ4v) is 2.02. The molecule has 0 aromatic rings. The average Bonchev–Trinajstić information content (AvgIpc) is 2.15. The second kappa shape index (κ2) is 4.63. The highest BCUT2D eigenvalue weighted by Crippen LogP contribution is 2.24. The maximum absolute atomic E-state index is 3.56. The van der Waals surface area contributed by atoms with E-state index in [1.807, 2.05) is 0 Å². The second-order valence-electron chi connectivity index (χ2n) is 5.60. The molecule has 1 aliphatic heterocycles. The molecule has 1 rings (SSSR count). The van der Waals surface area contributed by atoms with E-state index in [0.717, 1.165) is 6.54 Å². The summed E-state index contributed by atoms with van der Waals surface area (Å²) in [6.45, 7) is 15.2. The molecule has 2 atom stereocenters. The van der Waals surface area contributed by atoms with Crippen LogP contribution in [0, 0.1) is 5.41 Å². The summed E-state index contributed by atoms with van der Waals surface area (Å²) in [5.74, 6) is 0. The lowest BCUT2D eigenvalue weighted by Crippen LogP contribution is -2.55. The monoisotopic (exact) mass is 198 g/mol. The Bertz CT molecular complexity index is 172. The van der Waals surface area contributed by atoms with Gasteiger partial charge in [-0.2, -0.15) is 0 Å². The minimum Gasteiger partial charge on any atom is -0.311 e. The number of piperazine rings is 1. The number of rotatable bonds is 2. The van der Waals surface area contributed by atoms with Crippen molar-refractivity contribution in [2.45, 2.75) is 53.1 Å². The number of hydrogen-bond donors (Lipinski definition) is 1. The van der Waals surface area contributed by atoms with Gasteiger partial charge in [0.25, 0.3) is 0 Å². The largest absolute Gasteiger partial charge is 0.311 e. The molecule has 1 fully saturated rings. The van der Waals surface area contributed by atoms with Gasteiger partial charge in [0.15, 0.2) is 0 Å². The van der Waals surface area contributed by atoms with E-state index in [1.54, 1.807) is 0 Å². The van der Waals surface area contributed by atoms with E-state index < -0.39 is 0 Å². The summed E-state index contributed by atoms with van der Waals surface area (Å²) in [7, 11) is 0. The molecule has 0 aliphatic carbocycles. The lowest BCUT2D eigenvalue weighted by Gasteiger charge is -2.42. The fraction of sp³-hybridized carbons (Fsp3) is 1.00. The Morgan fingerprint density at radius 2 is 2.07 bits per heavy atom. The molecule has 0 aromatic heterocycles. The van der Waals surface area contributed by atoms with Gasteiger partial charge in [-0.1, -0.05) is 27.7 Å². The molecule has 1 N–H and O–H groups in total. The van der Waals surface area contributed by atoms with Crippen LogP contribution in [0.25, 0.3) is 0 Å². The van der Waals surface area contributed by atoms with E-state index in [1.165, 1.54) is 19.5 Å². The summed E-state index contributed by atoms with van der Waals surface area (Å²) >= 11 is 0. The van der Waals surface area contributed by atoms with Crippen molar-refractivity contribution in [3.05, 3.63) is 0 Å². The third-order valence-corrected chi connectivity index (χ3v) is 3.58. The van der Waals surface area contributed by atoms with Crippen molar-refractivity contribution in [1.29, 1.82) is 0 Å². The molecule has 1 aliphatic rings. The molecule has 84 valence electrons. The first-order valence-corrected chi connectivity index (χ1v) is 5.92. The summed E-state index contributed by atoms with van der Waals surface area (Å²) in [4.78, 5) is 2.63. The highest BCUT2D eigenvalue weighted by molar-refractivity contribution is 4.85. The van der Waals surface area contributed by atoms with Crippen LogP contribution in [0.3, 0.4) is 0 Å². The standard InChI is InChI=1S/C12H26N2/c1-6-11-9-14(8-7-13-11)10(2)12(3,4)5/h10-11,13H,6-9H2,1-5H3. The molecule has 0 amide bonds. The van der Waals surface area contributed by atoms with Gasteiger partial charge in [-0.15, -0.1) is 0 Å². The van der Waals surface area contributed by atoms with Crippen molar-refractivity contribution >= 4 is 0 Å². The Balaban J connectivity index is 2.51.